The number of hydrogen-bond acceptors (Lipinski definition) is 7. The van der Waals surface area contributed by atoms with Crippen LogP contribution in [0.2, 0.25) is 5.02 Å². The summed E-state index contributed by atoms with van der Waals surface area (Å²) < 4.78 is 25.2. The number of aromatic nitrogens is 4. The molecule has 2 heterocycles. The number of carbonyl (C=O) groups is 2. The summed E-state index contributed by atoms with van der Waals surface area (Å²) in [6.07, 6.45) is 5.73. The zero-order valence-corrected chi connectivity index (χ0v) is 20.9. The van der Waals surface area contributed by atoms with Crippen LogP contribution in [0.4, 0.5) is 5.69 Å². The van der Waals surface area contributed by atoms with Crippen LogP contribution in [0.1, 0.15) is 42.0 Å². The summed E-state index contributed by atoms with van der Waals surface area (Å²) in [4.78, 5) is 33.2. The van der Waals surface area contributed by atoms with Crippen molar-refractivity contribution < 1.29 is 18.0 Å². The van der Waals surface area contributed by atoms with Gasteiger partial charge < -0.3 is 10.6 Å². The first kappa shape index (κ1) is 25.7. The Hall–Kier alpha value is -2.96. The second-order valence-corrected chi connectivity index (χ2v) is 10.3. The van der Waals surface area contributed by atoms with Crippen LogP contribution >= 0.6 is 25.1 Å². The Morgan fingerprint density at radius 2 is 1.91 bits per heavy atom. The van der Waals surface area contributed by atoms with Gasteiger partial charge in [-0.2, -0.15) is 23.3 Å². The van der Waals surface area contributed by atoms with E-state index in [2.05, 4.69) is 25.7 Å². The predicted molar refractivity (Wildman–Crippen MR) is 131 cm³/mol. The molecule has 2 amide bonds. The molecular formula is C21H23ClN6O4S2. The van der Waals surface area contributed by atoms with E-state index in [9.17, 15) is 18.0 Å². The first-order valence-corrected chi connectivity index (χ1v) is 12.4. The molecule has 2 aromatic heterocycles. The number of amides is 2. The molecule has 1 aliphatic rings. The van der Waals surface area contributed by atoms with E-state index in [0.717, 1.165) is 19.1 Å². The van der Waals surface area contributed by atoms with E-state index in [1.54, 1.807) is 19.1 Å². The molecule has 4 rings (SSSR count). The SMILES string of the molecule is C[C@@H](NC(=O)c1cc(Cl)cc(S(C)(=O)=O)c1)c1ncnn1-c1ccc(NC(=O)C2CC2)cn1.S. The number of halogens is 1. The van der Waals surface area contributed by atoms with Crippen LogP contribution in [0, 0.1) is 5.92 Å². The van der Waals surface area contributed by atoms with Crippen LogP contribution in [0.5, 0.6) is 0 Å². The summed E-state index contributed by atoms with van der Waals surface area (Å²) in [5.41, 5.74) is 0.691. The summed E-state index contributed by atoms with van der Waals surface area (Å²) in [6.45, 7) is 1.71. The van der Waals surface area contributed by atoms with Gasteiger partial charge in [-0.15, -0.1) is 0 Å². The molecule has 0 spiro atoms. The maximum atomic E-state index is 12.8. The van der Waals surface area contributed by atoms with Gasteiger partial charge in [0.15, 0.2) is 21.5 Å². The smallest absolute Gasteiger partial charge is 0.251 e. The fourth-order valence-electron chi connectivity index (χ4n) is 3.15. The molecule has 180 valence electrons. The molecule has 0 unspecified atom stereocenters. The van der Waals surface area contributed by atoms with Crippen molar-refractivity contribution >= 4 is 52.4 Å². The molecule has 1 aromatic carbocycles. The third-order valence-corrected chi connectivity index (χ3v) is 6.36. The Kier molecular flexibility index (Phi) is 7.64. The van der Waals surface area contributed by atoms with E-state index in [1.165, 1.54) is 35.4 Å². The molecule has 1 fully saturated rings. The molecule has 0 radical (unpaired) electrons. The minimum Gasteiger partial charge on any atom is -0.342 e. The van der Waals surface area contributed by atoms with E-state index in [4.69, 9.17) is 11.6 Å². The monoisotopic (exact) mass is 522 g/mol. The number of hydrogen-bond donors (Lipinski definition) is 2. The van der Waals surface area contributed by atoms with E-state index >= 15 is 0 Å². The number of rotatable bonds is 7. The summed E-state index contributed by atoms with van der Waals surface area (Å²) >= 11 is 6.00. The zero-order valence-electron chi connectivity index (χ0n) is 18.3. The van der Waals surface area contributed by atoms with E-state index in [-0.39, 0.29) is 40.8 Å². The Morgan fingerprint density at radius 1 is 1.18 bits per heavy atom. The minimum atomic E-state index is -3.53. The van der Waals surface area contributed by atoms with Gasteiger partial charge in [0.1, 0.15) is 6.33 Å². The van der Waals surface area contributed by atoms with Crippen molar-refractivity contribution in [3.8, 4) is 5.82 Å². The highest BCUT2D eigenvalue weighted by Crippen LogP contribution is 2.30. The number of nitrogens with one attached hydrogen (secondary N) is 2. The highest BCUT2D eigenvalue weighted by atomic mass is 35.5. The third-order valence-electron chi connectivity index (χ3n) is 5.05. The highest BCUT2D eigenvalue weighted by molar-refractivity contribution is 7.90. The summed E-state index contributed by atoms with van der Waals surface area (Å²) in [6, 6.07) is 6.76. The van der Waals surface area contributed by atoms with Crippen molar-refractivity contribution in [2.24, 2.45) is 5.92 Å². The largest absolute Gasteiger partial charge is 0.342 e. The number of benzene rings is 1. The Bertz CT molecular complexity index is 1320. The van der Waals surface area contributed by atoms with Gasteiger partial charge in [0.25, 0.3) is 5.91 Å². The van der Waals surface area contributed by atoms with Gasteiger partial charge in [-0.1, -0.05) is 11.6 Å². The molecule has 34 heavy (non-hydrogen) atoms. The van der Waals surface area contributed by atoms with E-state index in [0.29, 0.717) is 17.3 Å². The molecule has 0 bridgehead atoms. The summed E-state index contributed by atoms with van der Waals surface area (Å²) in [7, 11) is -3.53. The summed E-state index contributed by atoms with van der Waals surface area (Å²) in [5, 5.41) is 9.91. The van der Waals surface area contributed by atoms with Crippen molar-refractivity contribution in [3.63, 3.8) is 0 Å². The van der Waals surface area contributed by atoms with Gasteiger partial charge in [0.2, 0.25) is 5.91 Å². The fourth-order valence-corrected chi connectivity index (χ4v) is 4.13. The van der Waals surface area contributed by atoms with Crippen LogP contribution in [-0.4, -0.2) is 46.2 Å². The topological polar surface area (TPSA) is 136 Å². The molecule has 1 saturated carbocycles. The lowest BCUT2D eigenvalue weighted by Gasteiger charge is -2.15. The molecule has 0 saturated heterocycles. The van der Waals surface area contributed by atoms with Gasteiger partial charge in [-0.05, 0) is 50.1 Å². The Balaban J connectivity index is 0.00000324. The molecule has 13 heteroatoms. The van der Waals surface area contributed by atoms with Crippen molar-refractivity contribution in [1.82, 2.24) is 25.1 Å². The van der Waals surface area contributed by atoms with Crippen LogP contribution < -0.4 is 10.6 Å². The molecule has 0 aliphatic heterocycles. The zero-order chi connectivity index (χ0) is 23.8. The average molecular weight is 523 g/mol. The number of pyridine rings is 1. The lowest BCUT2D eigenvalue weighted by atomic mass is 10.2. The maximum Gasteiger partial charge on any atom is 0.251 e. The predicted octanol–water partition coefficient (Wildman–Crippen LogP) is 2.67. The summed E-state index contributed by atoms with van der Waals surface area (Å²) in [5.74, 6) is 0.424. The second-order valence-electron chi connectivity index (χ2n) is 7.84. The van der Waals surface area contributed by atoms with Crippen molar-refractivity contribution in [2.75, 3.05) is 11.6 Å². The number of anilines is 1. The number of sulfone groups is 1. The Labute approximate surface area is 208 Å². The average Bonchev–Trinajstić information content (AvgIpc) is 3.50. The van der Waals surface area contributed by atoms with Crippen LogP contribution in [0.15, 0.2) is 47.8 Å². The first-order valence-electron chi connectivity index (χ1n) is 10.1. The molecule has 1 atom stereocenters. The van der Waals surface area contributed by atoms with Crippen molar-refractivity contribution in [3.05, 3.63) is 59.3 Å². The quantitative estimate of drug-likeness (QED) is 0.486. The minimum absolute atomic E-state index is 0. The molecule has 2 N–H and O–H groups in total. The molecule has 3 aromatic rings. The van der Waals surface area contributed by atoms with Crippen LogP contribution in [-0.2, 0) is 14.6 Å². The first-order chi connectivity index (χ1) is 15.6. The lowest BCUT2D eigenvalue weighted by molar-refractivity contribution is -0.117. The van der Waals surface area contributed by atoms with Gasteiger partial charge in [-0.25, -0.2) is 18.4 Å². The van der Waals surface area contributed by atoms with Crippen molar-refractivity contribution in [1.29, 1.82) is 0 Å². The van der Waals surface area contributed by atoms with Crippen LogP contribution in [0.25, 0.3) is 5.82 Å². The normalized spacial score (nSPS) is 14.1. The van der Waals surface area contributed by atoms with Gasteiger partial charge >= 0.3 is 0 Å². The van der Waals surface area contributed by atoms with Gasteiger partial charge in [0.05, 0.1) is 22.8 Å². The number of carbonyl (C=O) groups excluding carboxylic acids is 2. The van der Waals surface area contributed by atoms with Crippen LogP contribution in [0.3, 0.4) is 0 Å². The maximum absolute atomic E-state index is 12.8. The van der Waals surface area contributed by atoms with Gasteiger partial charge in [-0.3, -0.25) is 9.59 Å². The third kappa shape index (κ3) is 5.93. The van der Waals surface area contributed by atoms with E-state index < -0.39 is 21.8 Å². The second kappa shape index (κ2) is 10.1. The molecular weight excluding hydrogens is 500 g/mol. The molecule has 1 aliphatic carbocycles. The standard InChI is InChI=1S/C21H21ClN6O4S.H2S/c1-12(26-21(30)14-7-15(22)9-17(8-14)33(2,31)32)19-24-11-25-28(19)18-6-5-16(10-23-18)27-20(29)13-3-4-13;/h5-13H,3-4H2,1-2H3,(H,26,30)(H,27,29);1H2/t12-;/m1./s1. The Morgan fingerprint density at radius 3 is 2.53 bits per heavy atom. The van der Waals surface area contributed by atoms with Gasteiger partial charge in [0, 0.05) is 22.8 Å². The fraction of sp³-hybridized carbons (Fsp3) is 0.286. The molecule has 10 nitrogen and oxygen atoms in total. The highest BCUT2D eigenvalue weighted by Gasteiger charge is 2.29. The number of nitrogens with zero attached hydrogens (tertiary/aromatic N) is 4. The lowest BCUT2D eigenvalue weighted by Crippen LogP contribution is -2.29. The van der Waals surface area contributed by atoms with E-state index in [1.807, 2.05) is 0 Å². The van der Waals surface area contributed by atoms with Crippen molar-refractivity contribution in [2.45, 2.75) is 30.7 Å².